The van der Waals surface area contributed by atoms with E-state index in [1.807, 2.05) is 12.1 Å². The zero-order chi connectivity index (χ0) is 20.1. The molecule has 2 saturated carbocycles. The molecule has 5 nitrogen and oxygen atoms in total. The number of amides is 1. The van der Waals surface area contributed by atoms with Crippen LogP contribution >= 0.6 is 0 Å². The van der Waals surface area contributed by atoms with Gasteiger partial charge in [-0.1, -0.05) is 37.8 Å². The Morgan fingerprint density at radius 3 is 2.66 bits per heavy atom. The van der Waals surface area contributed by atoms with Gasteiger partial charge in [0.25, 0.3) is 0 Å². The van der Waals surface area contributed by atoms with Crippen LogP contribution in [0.4, 0.5) is 0 Å². The maximum absolute atomic E-state index is 12.6. The third-order valence-electron chi connectivity index (χ3n) is 7.02. The molecule has 0 bridgehead atoms. The van der Waals surface area contributed by atoms with Crippen molar-refractivity contribution in [2.45, 2.75) is 70.0 Å². The second kappa shape index (κ2) is 9.48. The Balaban J connectivity index is 1.24. The van der Waals surface area contributed by atoms with E-state index in [1.54, 1.807) is 7.11 Å². The Morgan fingerprint density at radius 1 is 1.17 bits per heavy atom. The van der Waals surface area contributed by atoms with Crippen LogP contribution in [-0.4, -0.2) is 39.1 Å². The number of rotatable bonds is 8. The van der Waals surface area contributed by atoms with Gasteiger partial charge in [-0.15, -0.1) is 0 Å². The molecule has 29 heavy (non-hydrogen) atoms. The van der Waals surface area contributed by atoms with Crippen molar-refractivity contribution in [3.63, 3.8) is 0 Å². The van der Waals surface area contributed by atoms with Gasteiger partial charge in [0, 0.05) is 17.9 Å². The number of methoxy groups -OCH3 is 1. The van der Waals surface area contributed by atoms with Crippen molar-refractivity contribution in [2.75, 3.05) is 26.9 Å². The van der Waals surface area contributed by atoms with Crippen molar-refractivity contribution in [1.29, 1.82) is 0 Å². The molecule has 0 radical (unpaired) electrons. The Labute approximate surface area is 174 Å². The molecule has 3 fully saturated rings. The minimum Gasteiger partial charge on any atom is -0.497 e. The van der Waals surface area contributed by atoms with Crippen molar-refractivity contribution < 1.29 is 19.0 Å². The number of benzene rings is 1. The molecule has 1 amide bonds. The summed E-state index contributed by atoms with van der Waals surface area (Å²) in [6, 6.07) is 8.09. The summed E-state index contributed by atoms with van der Waals surface area (Å²) in [7, 11) is 1.68. The summed E-state index contributed by atoms with van der Waals surface area (Å²) in [5.41, 5.74) is 1.35. The number of ether oxygens (including phenoxy) is 3. The van der Waals surface area contributed by atoms with Crippen LogP contribution in [0, 0.1) is 11.3 Å². The van der Waals surface area contributed by atoms with E-state index < -0.39 is 0 Å². The van der Waals surface area contributed by atoms with Gasteiger partial charge in [-0.2, -0.15) is 0 Å². The Bertz CT molecular complexity index is 677. The maximum Gasteiger partial charge on any atom is 0.223 e. The van der Waals surface area contributed by atoms with Crippen LogP contribution in [0.3, 0.4) is 0 Å². The summed E-state index contributed by atoms with van der Waals surface area (Å²) in [6.45, 7) is 2.18. The molecule has 5 heteroatoms. The van der Waals surface area contributed by atoms with Gasteiger partial charge < -0.3 is 19.5 Å². The summed E-state index contributed by atoms with van der Waals surface area (Å²) in [4.78, 5) is 12.6. The van der Waals surface area contributed by atoms with Crippen LogP contribution in [0.1, 0.15) is 69.3 Å². The zero-order valence-corrected chi connectivity index (χ0v) is 17.7. The fourth-order valence-electron chi connectivity index (χ4n) is 5.26. The van der Waals surface area contributed by atoms with Gasteiger partial charge in [0.2, 0.25) is 5.91 Å². The first-order valence-corrected chi connectivity index (χ1v) is 11.4. The summed E-state index contributed by atoms with van der Waals surface area (Å²) < 4.78 is 17.2. The number of hydrogen-bond acceptors (Lipinski definition) is 4. The molecule has 4 rings (SSSR count). The quantitative estimate of drug-likeness (QED) is 0.518. The predicted octanol–water partition coefficient (Wildman–Crippen LogP) is 4.41. The van der Waals surface area contributed by atoms with E-state index in [1.165, 1.54) is 44.1 Å². The SMILES string of the molecule is COc1cccc([C@@H]2C[C@H]2C(=O)NCCCC2(C3OCCO3)CCCCCC2)c1. The minimum absolute atomic E-state index is 0.0443. The molecule has 0 unspecified atom stereocenters. The molecule has 1 aromatic rings. The van der Waals surface area contributed by atoms with E-state index in [-0.39, 0.29) is 23.5 Å². The molecule has 160 valence electrons. The molecular formula is C24H35NO4. The number of carbonyl (C=O) groups is 1. The normalized spacial score (nSPS) is 26.7. The summed E-state index contributed by atoms with van der Waals surface area (Å²) in [6.07, 6.45) is 10.5. The molecular weight excluding hydrogens is 366 g/mol. The predicted molar refractivity (Wildman–Crippen MR) is 112 cm³/mol. The monoisotopic (exact) mass is 401 g/mol. The molecule has 1 N–H and O–H groups in total. The van der Waals surface area contributed by atoms with Crippen molar-refractivity contribution in [3.05, 3.63) is 29.8 Å². The van der Waals surface area contributed by atoms with E-state index in [2.05, 4.69) is 17.4 Å². The molecule has 2 aliphatic carbocycles. The lowest BCUT2D eigenvalue weighted by atomic mass is 9.75. The Kier molecular flexibility index (Phi) is 6.76. The summed E-state index contributed by atoms with van der Waals surface area (Å²) >= 11 is 0. The number of nitrogens with one attached hydrogen (secondary N) is 1. The smallest absolute Gasteiger partial charge is 0.223 e. The highest BCUT2D eigenvalue weighted by atomic mass is 16.7. The van der Waals surface area contributed by atoms with Crippen molar-refractivity contribution in [3.8, 4) is 5.75 Å². The number of hydrogen-bond donors (Lipinski definition) is 1. The highest BCUT2D eigenvalue weighted by molar-refractivity contribution is 5.82. The lowest BCUT2D eigenvalue weighted by molar-refractivity contribution is -0.143. The molecule has 2 atom stereocenters. The van der Waals surface area contributed by atoms with Gasteiger partial charge in [0.1, 0.15) is 5.75 Å². The molecule has 1 aromatic carbocycles. The second-order valence-corrected chi connectivity index (χ2v) is 8.97. The van der Waals surface area contributed by atoms with Crippen molar-refractivity contribution in [2.24, 2.45) is 11.3 Å². The highest BCUT2D eigenvalue weighted by Crippen LogP contribution is 2.48. The van der Waals surface area contributed by atoms with Gasteiger partial charge in [-0.3, -0.25) is 4.79 Å². The number of carbonyl (C=O) groups excluding carboxylic acids is 1. The van der Waals surface area contributed by atoms with Crippen molar-refractivity contribution >= 4 is 5.91 Å². The lowest BCUT2D eigenvalue weighted by Crippen LogP contribution is -2.37. The van der Waals surface area contributed by atoms with Crippen LogP contribution in [0.25, 0.3) is 0 Å². The standard InChI is InChI=1S/C24H35NO4/c1-27-19-9-6-8-18(16-19)20-17-21(20)22(26)25-13-7-12-24(23-28-14-15-29-23)10-4-2-3-5-11-24/h6,8-9,16,20-21,23H,2-5,7,10-15,17H2,1H3,(H,25,26)/t20-,21+/m0/s1. The van der Waals surface area contributed by atoms with Crippen LogP contribution in [-0.2, 0) is 14.3 Å². The summed E-state index contributed by atoms with van der Waals surface area (Å²) in [5.74, 6) is 1.49. The third-order valence-corrected chi connectivity index (χ3v) is 7.02. The first kappa shape index (κ1) is 20.7. The average Bonchev–Trinajstić information content (AvgIpc) is 3.44. The van der Waals surface area contributed by atoms with Crippen molar-refractivity contribution in [1.82, 2.24) is 5.32 Å². The van der Waals surface area contributed by atoms with Crippen LogP contribution < -0.4 is 10.1 Å². The second-order valence-electron chi connectivity index (χ2n) is 8.97. The fraction of sp³-hybridized carbons (Fsp3) is 0.708. The Hall–Kier alpha value is -1.59. The van der Waals surface area contributed by atoms with Gasteiger partial charge in [0.05, 0.1) is 20.3 Å². The summed E-state index contributed by atoms with van der Waals surface area (Å²) in [5, 5.41) is 3.18. The van der Waals surface area contributed by atoms with E-state index >= 15 is 0 Å². The minimum atomic E-state index is -0.0443. The van der Waals surface area contributed by atoms with Gasteiger partial charge in [-0.05, 0) is 55.7 Å². The molecule has 3 aliphatic rings. The molecule has 0 aromatic heterocycles. The van der Waals surface area contributed by atoms with Crippen LogP contribution in [0.5, 0.6) is 5.75 Å². The van der Waals surface area contributed by atoms with Crippen LogP contribution in [0.2, 0.25) is 0 Å². The Morgan fingerprint density at radius 2 is 1.93 bits per heavy atom. The average molecular weight is 402 g/mol. The third kappa shape index (κ3) is 4.95. The lowest BCUT2D eigenvalue weighted by Gasteiger charge is -2.37. The molecule has 1 saturated heterocycles. The van der Waals surface area contributed by atoms with E-state index in [0.29, 0.717) is 5.92 Å². The molecule has 1 heterocycles. The van der Waals surface area contributed by atoms with Gasteiger partial charge in [0.15, 0.2) is 6.29 Å². The van der Waals surface area contributed by atoms with Gasteiger partial charge >= 0.3 is 0 Å². The van der Waals surface area contributed by atoms with Crippen LogP contribution in [0.15, 0.2) is 24.3 Å². The first-order valence-electron chi connectivity index (χ1n) is 11.4. The van der Waals surface area contributed by atoms with Gasteiger partial charge in [-0.25, -0.2) is 0 Å². The van der Waals surface area contributed by atoms with E-state index in [4.69, 9.17) is 14.2 Å². The van der Waals surface area contributed by atoms with E-state index in [9.17, 15) is 4.79 Å². The first-order chi connectivity index (χ1) is 14.2. The molecule has 1 aliphatic heterocycles. The maximum atomic E-state index is 12.6. The highest BCUT2D eigenvalue weighted by Gasteiger charge is 2.44. The topological polar surface area (TPSA) is 56.8 Å². The zero-order valence-electron chi connectivity index (χ0n) is 17.7. The largest absolute Gasteiger partial charge is 0.497 e. The van der Waals surface area contributed by atoms with E-state index in [0.717, 1.165) is 44.8 Å². The molecule has 0 spiro atoms. The fourth-order valence-corrected chi connectivity index (χ4v) is 5.26.